The van der Waals surface area contributed by atoms with Gasteiger partial charge in [0, 0.05) is 25.3 Å². The maximum absolute atomic E-state index is 12.1. The van der Waals surface area contributed by atoms with E-state index in [1.54, 1.807) is 6.20 Å². The van der Waals surface area contributed by atoms with Gasteiger partial charge in [-0.1, -0.05) is 6.07 Å². The highest BCUT2D eigenvalue weighted by atomic mass is 16.2. The van der Waals surface area contributed by atoms with Crippen molar-refractivity contribution in [2.75, 3.05) is 26.2 Å². The van der Waals surface area contributed by atoms with Gasteiger partial charge in [-0.3, -0.25) is 24.4 Å². The summed E-state index contributed by atoms with van der Waals surface area (Å²) in [5.74, 6) is -0.666. The first-order chi connectivity index (χ1) is 11.6. The van der Waals surface area contributed by atoms with Crippen molar-refractivity contribution in [3.8, 4) is 0 Å². The molecule has 0 aromatic carbocycles. The Hall–Kier alpha value is -2.48. The Morgan fingerprint density at radius 3 is 2.96 bits per heavy atom. The Morgan fingerprint density at radius 2 is 2.25 bits per heavy atom. The number of aromatic nitrogens is 1. The number of hydrogen-bond acceptors (Lipinski definition) is 5. The van der Waals surface area contributed by atoms with Crippen molar-refractivity contribution in [2.45, 2.75) is 25.4 Å². The summed E-state index contributed by atoms with van der Waals surface area (Å²) in [4.78, 5) is 42.6. The third-order valence-electron chi connectivity index (χ3n) is 4.22. The molecule has 4 amide bonds. The number of pyridine rings is 1. The van der Waals surface area contributed by atoms with Gasteiger partial charge in [0.15, 0.2) is 0 Å². The van der Waals surface area contributed by atoms with Crippen molar-refractivity contribution < 1.29 is 14.4 Å². The normalized spacial score (nSPS) is 21.7. The van der Waals surface area contributed by atoms with E-state index in [2.05, 4.69) is 20.5 Å². The largest absolute Gasteiger partial charge is 0.351 e. The van der Waals surface area contributed by atoms with Crippen molar-refractivity contribution in [1.29, 1.82) is 0 Å². The Labute approximate surface area is 140 Å². The molecule has 1 atom stereocenters. The van der Waals surface area contributed by atoms with Gasteiger partial charge in [-0.2, -0.15) is 0 Å². The van der Waals surface area contributed by atoms with Gasteiger partial charge in [0.25, 0.3) is 5.91 Å². The zero-order chi connectivity index (χ0) is 16.9. The fourth-order valence-electron chi connectivity index (χ4n) is 3.07. The predicted octanol–water partition coefficient (Wildman–Crippen LogP) is -0.286. The molecule has 2 saturated heterocycles. The van der Waals surface area contributed by atoms with Crippen LogP contribution in [0, 0.1) is 0 Å². The van der Waals surface area contributed by atoms with E-state index in [1.807, 2.05) is 18.2 Å². The van der Waals surface area contributed by atoms with Crippen LogP contribution in [0.5, 0.6) is 0 Å². The summed E-state index contributed by atoms with van der Waals surface area (Å²) in [7, 11) is 0. The quantitative estimate of drug-likeness (QED) is 0.723. The molecule has 2 fully saturated rings. The van der Waals surface area contributed by atoms with Crippen LogP contribution in [0.15, 0.2) is 24.4 Å². The molecule has 0 bridgehead atoms. The predicted molar refractivity (Wildman–Crippen MR) is 85.8 cm³/mol. The monoisotopic (exact) mass is 331 g/mol. The fourth-order valence-corrected chi connectivity index (χ4v) is 3.07. The first kappa shape index (κ1) is 16.4. The second kappa shape index (κ2) is 7.39. The smallest absolute Gasteiger partial charge is 0.325 e. The van der Waals surface area contributed by atoms with E-state index in [1.165, 1.54) is 0 Å². The number of likely N-dealkylation sites (tertiary alicyclic amines) is 1. The number of rotatable bonds is 5. The summed E-state index contributed by atoms with van der Waals surface area (Å²) in [6, 6.07) is 5.36. The summed E-state index contributed by atoms with van der Waals surface area (Å²) >= 11 is 0. The molecule has 0 aliphatic carbocycles. The first-order valence-corrected chi connectivity index (χ1v) is 8.11. The number of imide groups is 1. The molecule has 1 aromatic rings. The molecule has 24 heavy (non-hydrogen) atoms. The average Bonchev–Trinajstić information content (AvgIpc) is 2.88. The van der Waals surface area contributed by atoms with Crippen LogP contribution in [0.25, 0.3) is 0 Å². The number of urea groups is 1. The number of nitrogens with zero attached hydrogens (tertiary/aromatic N) is 3. The molecule has 1 aromatic heterocycles. The van der Waals surface area contributed by atoms with Gasteiger partial charge >= 0.3 is 6.03 Å². The summed E-state index contributed by atoms with van der Waals surface area (Å²) in [6.45, 7) is 2.20. The van der Waals surface area contributed by atoms with E-state index >= 15 is 0 Å². The van der Waals surface area contributed by atoms with Crippen LogP contribution in [0.4, 0.5) is 4.79 Å². The first-order valence-electron chi connectivity index (χ1n) is 8.11. The van der Waals surface area contributed by atoms with Crippen molar-refractivity contribution in [3.63, 3.8) is 0 Å². The topological polar surface area (TPSA) is 94.6 Å². The van der Waals surface area contributed by atoms with Crippen LogP contribution in [-0.4, -0.2) is 64.9 Å². The third kappa shape index (κ3) is 4.08. The van der Waals surface area contributed by atoms with Crippen molar-refractivity contribution in [2.24, 2.45) is 0 Å². The van der Waals surface area contributed by atoms with Crippen molar-refractivity contribution in [1.82, 2.24) is 25.4 Å². The second-order valence-electron chi connectivity index (χ2n) is 6.10. The molecule has 3 heterocycles. The maximum Gasteiger partial charge on any atom is 0.325 e. The lowest BCUT2D eigenvalue weighted by Crippen LogP contribution is -2.50. The van der Waals surface area contributed by atoms with Gasteiger partial charge in [-0.05, 0) is 31.5 Å². The standard InChI is InChI=1S/C16H21N5O3/c22-14(11-21-15(23)8-18-16(21)24)19-13-5-3-7-20(10-13)9-12-4-1-2-6-17-12/h1-2,4,6,13H,3,5,7-11H2,(H,18,24)(H,19,22)/t13-/m0/s1. The van der Waals surface area contributed by atoms with Gasteiger partial charge in [-0.15, -0.1) is 0 Å². The molecule has 0 unspecified atom stereocenters. The number of nitrogens with one attached hydrogen (secondary N) is 2. The number of piperidine rings is 1. The van der Waals surface area contributed by atoms with E-state index in [9.17, 15) is 14.4 Å². The molecule has 0 saturated carbocycles. The minimum atomic E-state index is -0.504. The number of carbonyl (C=O) groups excluding carboxylic acids is 3. The van der Waals surface area contributed by atoms with Gasteiger partial charge in [0.05, 0.1) is 12.2 Å². The summed E-state index contributed by atoms with van der Waals surface area (Å²) in [5, 5.41) is 5.33. The zero-order valence-corrected chi connectivity index (χ0v) is 13.4. The molecule has 8 heteroatoms. The Morgan fingerprint density at radius 1 is 1.38 bits per heavy atom. The minimum absolute atomic E-state index is 0.0238. The summed E-state index contributed by atoms with van der Waals surface area (Å²) < 4.78 is 0. The maximum atomic E-state index is 12.1. The summed E-state index contributed by atoms with van der Waals surface area (Å²) in [5.41, 5.74) is 1.00. The highest BCUT2D eigenvalue weighted by molar-refractivity contribution is 6.04. The Kier molecular flexibility index (Phi) is 5.05. The minimum Gasteiger partial charge on any atom is -0.351 e. The van der Waals surface area contributed by atoms with E-state index in [0.717, 1.165) is 43.1 Å². The van der Waals surface area contributed by atoms with Crippen molar-refractivity contribution >= 4 is 17.8 Å². The van der Waals surface area contributed by atoms with E-state index < -0.39 is 6.03 Å². The number of hydrogen-bond donors (Lipinski definition) is 2. The molecule has 2 aliphatic rings. The lowest BCUT2D eigenvalue weighted by molar-refractivity contribution is -0.131. The highest BCUT2D eigenvalue weighted by Gasteiger charge is 2.31. The van der Waals surface area contributed by atoms with Gasteiger partial charge in [0.2, 0.25) is 5.91 Å². The van der Waals surface area contributed by atoms with Gasteiger partial charge in [0.1, 0.15) is 6.54 Å². The van der Waals surface area contributed by atoms with E-state index in [-0.39, 0.29) is 30.9 Å². The van der Waals surface area contributed by atoms with Crippen LogP contribution in [-0.2, 0) is 16.1 Å². The molecular weight excluding hydrogens is 310 g/mol. The second-order valence-corrected chi connectivity index (χ2v) is 6.10. The third-order valence-corrected chi connectivity index (χ3v) is 4.22. The molecule has 128 valence electrons. The molecule has 0 spiro atoms. The van der Waals surface area contributed by atoms with Crippen LogP contribution < -0.4 is 10.6 Å². The molecular formula is C16H21N5O3. The lowest BCUT2D eigenvalue weighted by atomic mass is 10.1. The van der Waals surface area contributed by atoms with Crippen LogP contribution in [0.1, 0.15) is 18.5 Å². The van der Waals surface area contributed by atoms with Gasteiger partial charge in [-0.25, -0.2) is 4.79 Å². The molecule has 0 radical (unpaired) electrons. The Bertz CT molecular complexity index is 605. The zero-order valence-electron chi connectivity index (χ0n) is 13.4. The summed E-state index contributed by atoms with van der Waals surface area (Å²) in [6.07, 6.45) is 3.65. The molecule has 3 rings (SSSR count). The number of carbonyl (C=O) groups is 3. The molecule has 8 nitrogen and oxygen atoms in total. The fraction of sp³-hybridized carbons (Fsp3) is 0.500. The highest BCUT2D eigenvalue weighted by Crippen LogP contribution is 2.13. The van der Waals surface area contributed by atoms with Crippen LogP contribution >= 0.6 is 0 Å². The Balaban J connectivity index is 1.49. The lowest BCUT2D eigenvalue weighted by Gasteiger charge is -2.33. The van der Waals surface area contributed by atoms with Crippen LogP contribution in [0.3, 0.4) is 0 Å². The molecule has 2 N–H and O–H groups in total. The van der Waals surface area contributed by atoms with E-state index in [4.69, 9.17) is 0 Å². The van der Waals surface area contributed by atoms with Crippen molar-refractivity contribution in [3.05, 3.63) is 30.1 Å². The average molecular weight is 331 g/mol. The molecule has 2 aliphatic heterocycles. The number of amides is 4. The van der Waals surface area contributed by atoms with Gasteiger partial charge < -0.3 is 10.6 Å². The SMILES string of the molecule is O=C(CN1C(=O)CNC1=O)N[C@H]1CCCN(Cc2ccccn2)C1. The van der Waals surface area contributed by atoms with Crippen LogP contribution in [0.2, 0.25) is 0 Å². The van der Waals surface area contributed by atoms with E-state index in [0.29, 0.717) is 0 Å².